The lowest BCUT2D eigenvalue weighted by molar-refractivity contribution is -0.148. The van der Waals surface area contributed by atoms with Crippen LogP contribution in [-0.2, 0) is 20.7 Å². The standard InChI is InChI=1S/C15H13FN2O5/c16-11-4-1-3-10(7-11)8-14(20)23-9-13(19)17-18-15(21)12-5-2-6-22-12/h1-7H,8-9H2,(H,17,19)(H,18,21). The van der Waals surface area contributed by atoms with Gasteiger partial charge < -0.3 is 9.15 Å². The highest BCUT2D eigenvalue weighted by Gasteiger charge is 2.12. The normalized spacial score (nSPS) is 9.96. The summed E-state index contributed by atoms with van der Waals surface area (Å²) in [4.78, 5) is 34.4. The lowest BCUT2D eigenvalue weighted by atomic mass is 10.1. The van der Waals surface area contributed by atoms with Crippen LogP contribution in [0.5, 0.6) is 0 Å². The van der Waals surface area contributed by atoms with E-state index in [9.17, 15) is 18.8 Å². The molecule has 0 saturated carbocycles. The van der Waals surface area contributed by atoms with E-state index in [0.29, 0.717) is 5.56 Å². The van der Waals surface area contributed by atoms with Crippen LogP contribution >= 0.6 is 0 Å². The van der Waals surface area contributed by atoms with Crippen LogP contribution in [0.3, 0.4) is 0 Å². The lowest BCUT2D eigenvalue weighted by Crippen LogP contribution is -2.43. The molecule has 7 nitrogen and oxygen atoms in total. The first kappa shape index (κ1) is 16.2. The fourth-order valence-electron chi connectivity index (χ4n) is 1.64. The van der Waals surface area contributed by atoms with E-state index in [4.69, 9.17) is 9.15 Å². The van der Waals surface area contributed by atoms with Crippen molar-refractivity contribution < 1.29 is 27.9 Å². The average Bonchev–Trinajstić information content (AvgIpc) is 3.05. The Labute approximate surface area is 130 Å². The Kier molecular flexibility index (Phi) is 5.45. The molecule has 8 heteroatoms. The van der Waals surface area contributed by atoms with Gasteiger partial charge in [0.15, 0.2) is 12.4 Å². The monoisotopic (exact) mass is 320 g/mol. The summed E-state index contributed by atoms with van der Waals surface area (Å²) in [6, 6.07) is 8.42. The van der Waals surface area contributed by atoms with E-state index < -0.39 is 30.2 Å². The third-order valence-corrected chi connectivity index (χ3v) is 2.66. The molecule has 120 valence electrons. The second-order valence-electron chi connectivity index (χ2n) is 4.45. The van der Waals surface area contributed by atoms with E-state index >= 15 is 0 Å². The van der Waals surface area contributed by atoms with Crippen molar-refractivity contribution in [3.05, 3.63) is 59.8 Å². The zero-order valence-corrected chi connectivity index (χ0v) is 11.9. The average molecular weight is 320 g/mol. The molecule has 0 atom stereocenters. The molecule has 2 rings (SSSR count). The van der Waals surface area contributed by atoms with Gasteiger partial charge in [-0.2, -0.15) is 0 Å². The van der Waals surface area contributed by atoms with Crippen molar-refractivity contribution in [3.8, 4) is 0 Å². The molecule has 0 bridgehead atoms. The van der Waals surface area contributed by atoms with Gasteiger partial charge in [-0.05, 0) is 29.8 Å². The Balaban J connectivity index is 1.69. The number of hydrogen-bond acceptors (Lipinski definition) is 5. The predicted octanol–water partition coefficient (Wildman–Crippen LogP) is 0.966. The number of halogens is 1. The van der Waals surface area contributed by atoms with Crippen LogP contribution in [0.15, 0.2) is 47.1 Å². The van der Waals surface area contributed by atoms with Gasteiger partial charge in [0.2, 0.25) is 0 Å². The van der Waals surface area contributed by atoms with E-state index in [1.807, 2.05) is 0 Å². The highest BCUT2D eigenvalue weighted by molar-refractivity contribution is 5.93. The van der Waals surface area contributed by atoms with Gasteiger partial charge in [-0.25, -0.2) is 4.39 Å². The van der Waals surface area contributed by atoms with Crippen molar-refractivity contribution in [2.45, 2.75) is 6.42 Å². The molecule has 1 aromatic carbocycles. The minimum atomic E-state index is -0.725. The maximum absolute atomic E-state index is 13.0. The third kappa shape index (κ3) is 5.27. The van der Waals surface area contributed by atoms with Gasteiger partial charge in [0, 0.05) is 0 Å². The number of amides is 2. The molecule has 2 N–H and O–H groups in total. The number of hydrazine groups is 1. The summed E-state index contributed by atoms with van der Waals surface area (Å²) in [7, 11) is 0. The topological polar surface area (TPSA) is 97.6 Å². The summed E-state index contributed by atoms with van der Waals surface area (Å²) >= 11 is 0. The zero-order chi connectivity index (χ0) is 16.7. The smallest absolute Gasteiger partial charge is 0.310 e. The van der Waals surface area contributed by atoms with E-state index in [-0.39, 0.29) is 12.2 Å². The predicted molar refractivity (Wildman–Crippen MR) is 75.4 cm³/mol. The number of rotatable bonds is 5. The molecule has 0 aliphatic heterocycles. The van der Waals surface area contributed by atoms with Crippen LogP contribution in [0.4, 0.5) is 4.39 Å². The fraction of sp³-hybridized carbons (Fsp3) is 0.133. The molecule has 0 radical (unpaired) electrons. The summed E-state index contributed by atoms with van der Waals surface area (Å²) in [6.07, 6.45) is 1.15. The number of esters is 1. The molecule has 2 aromatic rings. The summed E-state index contributed by atoms with van der Waals surface area (Å²) < 4.78 is 22.5. The van der Waals surface area contributed by atoms with Crippen molar-refractivity contribution in [2.75, 3.05) is 6.61 Å². The minimum absolute atomic E-state index is 0.0217. The maximum atomic E-state index is 13.0. The van der Waals surface area contributed by atoms with Gasteiger partial charge in [-0.3, -0.25) is 25.2 Å². The van der Waals surface area contributed by atoms with Crippen molar-refractivity contribution in [2.24, 2.45) is 0 Å². The molecule has 1 heterocycles. The second kappa shape index (κ2) is 7.74. The van der Waals surface area contributed by atoms with Gasteiger partial charge in [0.1, 0.15) is 5.82 Å². The van der Waals surface area contributed by atoms with Gasteiger partial charge >= 0.3 is 11.9 Å². The molecular formula is C15H13FN2O5. The van der Waals surface area contributed by atoms with Crippen LogP contribution in [0, 0.1) is 5.82 Å². The Morgan fingerprint density at radius 1 is 1.13 bits per heavy atom. The molecule has 23 heavy (non-hydrogen) atoms. The van der Waals surface area contributed by atoms with Gasteiger partial charge in [0.25, 0.3) is 5.91 Å². The Hall–Kier alpha value is -3.16. The van der Waals surface area contributed by atoms with Crippen LogP contribution < -0.4 is 10.9 Å². The molecule has 0 saturated heterocycles. The highest BCUT2D eigenvalue weighted by Crippen LogP contribution is 2.05. The molecule has 0 aliphatic rings. The summed E-state index contributed by atoms with van der Waals surface area (Å²) in [6.45, 7) is -0.577. The zero-order valence-electron chi connectivity index (χ0n) is 11.9. The summed E-state index contributed by atoms with van der Waals surface area (Å²) in [5.41, 5.74) is 4.59. The maximum Gasteiger partial charge on any atom is 0.310 e. The van der Waals surface area contributed by atoms with Gasteiger partial charge in [-0.15, -0.1) is 0 Å². The number of carbonyl (C=O) groups is 3. The number of carbonyl (C=O) groups excluding carboxylic acids is 3. The SMILES string of the molecule is O=C(COC(=O)Cc1cccc(F)c1)NNC(=O)c1ccco1. The van der Waals surface area contributed by atoms with Crippen LogP contribution in [0.25, 0.3) is 0 Å². The minimum Gasteiger partial charge on any atom is -0.459 e. The molecular weight excluding hydrogens is 307 g/mol. The first-order chi connectivity index (χ1) is 11.0. The first-order valence-electron chi connectivity index (χ1n) is 6.57. The quantitative estimate of drug-likeness (QED) is 0.632. The third-order valence-electron chi connectivity index (χ3n) is 2.66. The van der Waals surface area contributed by atoms with Crippen LogP contribution in [0.2, 0.25) is 0 Å². The van der Waals surface area contributed by atoms with Crippen molar-refractivity contribution in [3.63, 3.8) is 0 Å². The van der Waals surface area contributed by atoms with Gasteiger partial charge in [0.05, 0.1) is 12.7 Å². The largest absolute Gasteiger partial charge is 0.459 e. The van der Waals surface area contributed by atoms with Crippen LogP contribution in [-0.4, -0.2) is 24.4 Å². The summed E-state index contributed by atoms with van der Waals surface area (Å²) in [5.74, 6) is -2.50. The second-order valence-corrected chi connectivity index (χ2v) is 4.45. The van der Waals surface area contributed by atoms with Crippen molar-refractivity contribution in [1.82, 2.24) is 10.9 Å². The van der Waals surface area contributed by atoms with E-state index in [1.54, 1.807) is 6.07 Å². The van der Waals surface area contributed by atoms with E-state index in [1.165, 1.54) is 36.6 Å². The number of benzene rings is 1. The van der Waals surface area contributed by atoms with E-state index in [0.717, 1.165) is 0 Å². The van der Waals surface area contributed by atoms with Crippen LogP contribution in [0.1, 0.15) is 16.1 Å². The molecule has 0 aliphatic carbocycles. The first-order valence-corrected chi connectivity index (χ1v) is 6.57. The lowest BCUT2D eigenvalue weighted by Gasteiger charge is -2.07. The Morgan fingerprint density at radius 2 is 1.96 bits per heavy atom. The fourth-order valence-corrected chi connectivity index (χ4v) is 1.64. The highest BCUT2D eigenvalue weighted by atomic mass is 19.1. The number of nitrogens with one attached hydrogen (secondary N) is 2. The van der Waals surface area contributed by atoms with Gasteiger partial charge in [-0.1, -0.05) is 12.1 Å². The molecule has 0 fully saturated rings. The Bertz CT molecular complexity index is 700. The summed E-state index contributed by atoms with van der Waals surface area (Å²) in [5, 5.41) is 0. The van der Waals surface area contributed by atoms with Crippen molar-refractivity contribution >= 4 is 17.8 Å². The Morgan fingerprint density at radius 3 is 2.65 bits per heavy atom. The van der Waals surface area contributed by atoms with Crippen molar-refractivity contribution in [1.29, 1.82) is 0 Å². The molecule has 0 unspecified atom stereocenters. The molecule has 0 spiro atoms. The molecule has 2 amide bonds. The van der Waals surface area contributed by atoms with E-state index in [2.05, 4.69) is 10.9 Å². The number of ether oxygens (including phenoxy) is 1. The number of furan rings is 1. The number of hydrogen-bond donors (Lipinski definition) is 2. The molecule has 1 aromatic heterocycles.